The lowest BCUT2D eigenvalue weighted by Gasteiger charge is -2.12. The number of alkyl halides is 4. The number of halogens is 5. The summed E-state index contributed by atoms with van der Waals surface area (Å²) in [5.41, 5.74) is 1.96. The number of aryl methyl sites for hydroxylation is 1. The highest BCUT2D eigenvalue weighted by Crippen LogP contribution is 2.39. The van der Waals surface area contributed by atoms with Gasteiger partial charge in [0.2, 0.25) is 0 Å². The molecular formula is C13H9Br2F3OS. The van der Waals surface area contributed by atoms with Crippen LogP contribution in [0.1, 0.15) is 20.8 Å². The maximum Gasteiger partial charge on any atom is 0.573 e. The molecule has 1 heterocycles. The van der Waals surface area contributed by atoms with Crippen LogP contribution in [0.2, 0.25) is 0 Å². The number of thiophene rings is 1. The first kappa shape index (κ1) is 15.9. The van der Waals surface area contributed by atoms with Gasteiger partial charge in [0.1, 0.15) is 5.75 Å². The molecule has 1 aromatic carbocycles. The molecule has 0 radical (unpaired) electrons. The van der Waals surface area contributed by atoms with E-state index in [-0.39, 0.29) is 10.6 Å². The number of benzene rings is 1. The van der Waals surface area contributed by atoms with Crippen LogP contribution < -0.4 is 4.74 Å². The van der Waals surface area contributed by atoms with Crippen LogP contribution in [0.25, 0.3) is 0 Å². The van der Waals surface area contributed by atoms with E-state index in [1.54, 1.807) is 23.5 Å². The predicted molar refractivity (Wildman–Crippen MR) is 80.7 cm³/mol. The van der Waals surface area contributed by atoms with Crippen LogP contribution in [0.5, 0.6) is 5.75 Å². The average Bonchev–Trinajstić information content (AvgIpc) is 2.66. The monoisotopic (exact) mass is 428 g/mol. The Bertz CT molecular complexity index is 593. The number of hydrogen-bond acceptors (Lipinski definition) is 2. The molecule has 0 aliphatic carbocycles. The summed E-state index contributed by atoms with van der Waals surface area (Å²) in [4.78, 5) is 1.08. The van der Waals surface area contributed by atoms with E-state index in [2.05, 4.69) is 36.6 Å². The molecule has 0 saturated heterocycles. The maximum atomic E-state index is 12.1. The molecule has 20 heavy (non-hydrogen) atoms. The fraction of sp³-hybridized carbons (Fsp3) is 0.231. The third-order valence-electron chi connectivity index (χ3n) is 2.61. The first-order chi connectivity index (χ1) is 9.26. The summed E-state index contributed by atoms with van der Waals surface area (Å²) in [5, 5.41) is 0. The molecule has 0 aliphatic heterocycles. The van der Waals surface area contributed by atoms with Crippen molar-refractivity contribution in [1.29, 1.82) is 0 Å². The van der Waals surface area contributed by atoms with Gasteiger partial charge in [-0.05, 0) is 52.2 Å². The van der Waals surface area contributed by atoms with Crippen molar-refractivity contribution < 1.29 is 17.9 Å². The summed E-state index contributed by atoms with van der Waals surface area (Å²) < 4.78 is 41.1. The van der Waals surface area contributed by atoms with Crippen LogP contribution in [0, 0.1) is 6.92 Å². The second-order valence-corrected chi connectivity index (χ2v) is 7.59. The van der Waals surface area contributed by atoms with Gasteiger partial charge in [-0.15, -0.1) is 24.5 Å². The van der Waals surface area contributed by atoms with E-state index in [0.717, 1.165) is 19.8 Å². The summed E-state index contributed by atoms with van der Waals surface area (Å²) in [5.74, 6) is -0.218. The highest BCUT2D eigenvalue weighted by molar-refractivity contribution is 9.11. The normalized spacial score (nSPS) is 13.3. The topological polar surface area (TPSA) is 9.23 Å². The first-order valence-electron chi connectivity index (χ1n) is 5.52. The lowest BCUT2D eigenvalue weighted by Crippen LogP contribution is -2.17. The molecule has 0 aliphatic rings. The SMILES string of the molecule is Cc1sc(Br)cc1C(Br)c1ccc(OC(F)(F)F)cc1. The van der Waals surface area contributed by atoms with E-state index in [4.69, 9.17) is 0 Å². The fourth-order valence-electron chi connectivity index (χ4n) is 1.73. The van der Waals surface area contributed by atoms with Crippen molar-refractivity contribution in [1.82, 2.24) is 0 Å². The van der Waals surface area contributed by atoms with Gasteiger partial charge in [0.15, 0.2) is 0 Å². The van der Waals surface area contributed by atoms with Gasteiger partial charge in [0, 0.05) is 4.88 Å². The quantitative estimate of drug-likeness (QED) is 0.527. The highest BCUT2D eigenvalue weighted by atomic mass is 79.9. The molecule has 1 nitrogen and oxygen atoms in total. The van der Waals surface area contributed by atoms with Gasteiger partial charge in [-0.1, -0.05) is 28.1 Å². The molecule has 0 spiro atoms. The van der Waals surface area contributed by atoms with Gasteiger partial charge in [-0.25, -0.2) is 0 Å². The minimum atomic E-state index is -4.66. The Hall–Kier alpha value is -0.530. The second-order valence-electron chi connectivity index (χ2n) is 4.04. The van der Waals surface area contributed by atoms with Crippen molar-refractivity contribution in [3.63, 3.8) is 0 Å². The zero-order valence-corrected chi connectivity index (χ0v) is 14.2. The van der Waals surface area contributed by atoms with Crippen LogP contribution >= 0.6 is 43.2 Å². The Morgan fingerprint density at radius 3 is 2.25 bits per heavy atom. The molecule has 0 bridgehead atoms. The first-order valence-corrected chi connectivity index (χ1v) is 8.04. The Balaban J connectivity index is 2.19. The van der Waals surface area contributed by atoms with Gasteiger partial charge in [0.25, 0.3) is 0 Å². The van der Waals surface area contributed by atoms with E-state index in [9.17, 15) is 13.2 Å². The van der Waals surface area contributed by atoms with Gasteiger partial charge >= 0.3 is 6.36 Å². The minimum Gasteiger partial charge on any atom is -0.406 e. The van der Waals surface area contributed by atoms with Crippen LogP contribution in [-0.2, 0) is 0 Å². The van der Waals surface area contributed by atoms with Gasteiger partial charge in [0.05, 0.1) is 8.61 Å². The average molecular weight is 430 g/mol. The number of ether oxygens (including phenoxy) is 1. The molecule has 0 N–H and O–H groups in total. The predicted octanol–water partition coefficient (Wildman–Crippen LogP) is 6.20. The van der Waals surface area contributed by atoms with Crippen LogP contribution in [-0.4, -0.2) is 6.36 Å². The molecular weight excluding hydrogens is 421 g/mol. The van der Waals surface area contributed by atoms with E-state index in [1.165, 1.54) is 12.1 Å². The molecule has 0 amide bonds. The third-order valence-corrected chi connectivity index (χ3v) is 5.20. The Morgan fingerprint density at radius 1 is 1.20 bits per heavy atom. The number of rotatable bonds is 3. The summed E-state index contributed by atoms with van der Waals surface area (Å²) in [6, 6.07) is 7.86. The van der Waals surface area contributed by atoms with Crippen molar-refractivity contribution in [3.05, 3.63) is 50.1 Å². The standard InChI is InChI=1S/C13H9Br2F3OS/c1-7-10(6-11(14)20-7)12(15)8-2-4-9(5-3-8)19-13(16,17)18/h2-6,12H,1H3. The lowest BCUT2D eigenvalue weighted by molar-refractivity contribution is -0.274. The zero-order valence-electron chi connectivity index (χ0n) is 10.2. The molecule has 0 saturated carbocycles. The van der Waals surface area contributed by atoms with Gasteiger partial charge < -0.3 is 4.74 Å². The Labute approximate surface area is 135 Å². The van der Waals surface area contributed by atoms with E-state index in [0.29, 0.717) is 0 Å². The van der Waals surface area contributed by atoms with E-state index >= 15 is 0 Å². The highest BCUT2D eigenvalue weighted by Gasteiger charge is 2.31. The molecule has 2 aromatic rings. The summed E-state index contributed by atoms with van der Waals surface area (Å²) in [7, 11) is 0. The molecule has 1 unspecified atom stereocenters. The van der Waals surface area contributed by atoms with Crippen molar-refractivity contribution in [2.24, 2.45) is 0 Å². The molecule has 2 rings (SSSR count). The van der Waals surface area contributed by atoms with Crippen LogP contribution in [0.3, 0.4) is 0 Å². The second kappa shape index (κ2) is 6.07. The van der Waals surface area contributed by atoms with E-state index in [1.807, 2.05) is 13.0 Å². The largest absolute Gasteiger partial charge is 0.573 e. The zero-order chi connectivity index (χ0) is 14.9. The molecule has 108 valence electrons. The third kappa shape index (κ3) is 3.99. The van der Waals surface area contributed by atoms with Crippen LogP contribution in [0.4, 0.5) is 13.2 Å². The molecule has 1 aromatic heterocycles. The fourth-order valence-corrected chi connectivity index (χ4v) is 4.41. The Morgan fingerprint density at radius 2 is 1.80 bits per heavy atom. The molecule has 7 heteroatoms. The maximum absolute atomic E-state index is 12.1. The molecule has 0 fully saturated rings. The van der Waals surface area contributed by atoms with Crippen molar-refractivity contribution >= 4 is 43.2 Å². The lowest BCUT2D eigenvalue weighted by atomic mass is 10.1. The summed E-state index contributed by atoms with van der Waals surface area (Å²) >= 11 is 8.60. The van der Waals surface area contributed by atoms with Crippen LogP contribution in [0.15, 0.2) is 34.1 Å². The Kier molecular flexibility index (Phi) is 4.81. The smallest absolute Gasteiger partial charge is 0.406 e. The number of hydrogen-bond donors (Lipinski definition) is 0. The summed E-state index contributed by atoms with van der Waals surface area (Å²) in [6.07, 6.45) is -4.66. The van der Waals surface area contributed by atoms with Crippen molar-refractivity contribution in [3.8, 4) is 5.75 Å². The minimum absolute atomic E-state index is 0.0648. The van der Waals surface area contributed by atoms with Crippen molar-refractivity contribution in [2.45, 2.75) is 18.1 Å². The van der Waals surface area contributed by atoms with Crippen molar-refractivity contribution in [2.75, 3.05) is 0 Å². The van der Waals surface area contributed by atoms with Gasteiger partial charge in [-0.2, -0.15) is 0 Å². The summed E-state index contributed by atoms with van der Waals surface area (Å²) in [6.45, 7) is 2.00. The van der Waals surface area contributed by atoms with E-state index < -0.39 is 6.36 Å². The molecule has 1 atom stereocenters. The van der Waals surface area contributed by atoms with Gasteiger partial charge in [-0.3, -0.25) is 0 Å².